The van der Waals surface area contributed by atoms with Crippen molar-refractivity contribution < 1.29 is 9.53 Å². The molecule has 3 aromatic rings. The molecule has 0 saturated carbocycles. The summed E-state index contributed by atoms with van der Waals surface area (Å²) in [5, 5.41) is 11.1. The molecule has 0 radical (unpaired) electrons. The summed E-state index contributed by atoms with van der Waals surface area (Å²) in [6.45, 7) is 0.379. The SMILES string of the molecule is COc1cccc(CNC(=O)c2c[nH]c(C(=N)c3cccnc3N)c2)c1. The number of anilines is 1. The standard InChI is InChI=1S/C19H19N5O2/c1-26-14-5-2-4-12(8-14)10-24-19(25)13-9-16(23-11-13)17(20)15-6-3-7-22-18(15)21/h2-9,11,20,23H,10H2,1H3,(H2,21,22)(H,24,25). The van der Waals surface area contributed by atoms with Gasteiger partial charge in [0.15, 0.2) is 0 Å². The van der Waals surface area contributed by atoms with Crippen molar-refractivity contribution in [1.29, 1.82) is 5.41 Å². The molecule has 7 heteroatoms. The molecule has 0 aliphatic carbocycles. The first-order chi connectivity index (χ1) is 12.6. The number of H-pyrrole nitrogens is 1. The third kappa shape index (κ3) is 3.72. The Kier molecular flexibility index (Phi) is 4.98. The van der Waals surface area contributed by atoms with E-state index in [1.165, 1.54) is 0 Å². The topological polar surface area (TPSA) is 117 Å². The van der Waals surface area contributed by atoms with Gasteiger partial charge in [-0.25, -0.2) is 4.98 Å². The van der Waals surface area contributed by atoms with Crippen molar-refractivity contribution in [2.45, 2.75) is 6.54 Å². The van der Waals surface area contributed by atoms with Gasteiger partial charge in [-0.05, 0) is 35.9 Å². The normalized spacial score (nSPS) is 10.3. The van der Waals surface area contributed by atoms with Crippen molar-refractivity contribution in [1.82, 2.24) is 15.3 Å². The number of benzene rings is 1. The summed E-state index contributed by atoms with van der Waals surface area (Å²) in [5.41, 5.74) is 8.37. The Morgan fingerprint density at radius 3 is 2.92 bits per heavy atom. The van der Waals surface area contributed by atoms with Gasteiger partial charge in [0, 0.05) is 24.5 Å². The fraction of sp³-hybridized carbons (Fsp3) is 0.105. The Morgan fingerprint density at radius 2 is 2.15 bits per heavy atom. The van der Waals surface area contributed by atoms with Crippen molar-refractivity contribution in [3.8, 4) is 5.75 Å². The van der Waals surface area contributed by atoms with E-state index in [1.54, 1.807) is 37.7 Å². The second-order valence-electron chi connectivity index (χ2n) is 5.65. The first-order valence-electron chi connectivity index (χ1n) is 7.98. The molecule has 3 rings (SSSR count). The number of methoxy groups -OCH3 is 1. The Balaban J connectivity index is 1.68. The molecule has 26 heavy (non-hydrogen) atoms. The predicted octanol–water partition coefficient (Wildman–Crippen LogP) is 2.35. The Morgan fingerprint density at radius 1 is 1.31 bits per heavy atom. The highest BCUT2D eigenvalue weighted by Crippen LogP contribution is 2.15. The summed E-state index contributed by atoms with van der Waals surface area (Å²) in [6.07, 6.45) is 3.13. The van der Waals surface area contributed by atoms with Gasteiger partial charge in [-0.2, -0.15) is 0 Å². The van der Waals surface area contributed by atoms with E-state index >= 15 is 0 Å². The van der Waals surface area contributed by atoms with Crippen LogP contribution in [-0.4, -0.2) is 28.7 Å². The number of nitrogen functional groups attached to an aromatic ring is 1. The zero-order valence-corrected chi connectivity index (χ0v) is 14.2. The molecule has 0 unspecified atom stereocenters. The number of rotatable bonds is 6. The van der Waals surface area contributed by atoms with Gasteiger partial charge in [0.05, 0.1) is 24.1 Å². The van der Waals surface area contributed by atoms with Crippen LogP contribution in [0.15, 0.2) is 54.9 Å². The third-order valence-corrected chi connectivity index (χ3v) is 3.91. The second-order valence-corrected chi connectivity index (χ2v) is 5.65. The molecular formula is C19H19N5O2. The quantitative estimate of drug-likeness (QED) is 0.511. The zero-order valence-electron chi connectivity index (χ0n) is 14.2. The summed E-state index contributed by atoms with van der Waals surface area (Å²) in [6, 6.07) is 12.5. The number of nitrogens with zero attached hydrogens (tertiary/aromatic N) is 1. The van der Waals surface area contributed by atoms with Crippen LogP contribution in [0.2, 0.25) is 0 Å². The van der Waals surface area contributed by atoms with Crippen LogP contribution in [0.1, 0.15) is 27.2 Å². The minimum absolute atomic E-state index is 0.183. The van der Waals surface area contributed by atoms with Crippen molar-refractivity contribution in [3.05, 3.63) is 77.2 Å². The first kappa shape index (κ1) is 17.2. The summed E-state index contributed by atoms with van der Waals surface area (Å²) >= 11 is 0. The lowest BCUT2D eigenvalue weighted by molar-refractivity contribution is 0.0951. The summed E-state index contributed by atoms with van der Waals surface area (Å²) in [5.74, 6) is 0.779. The van der Waals surface area contributed by atoms with Gasteiger partial charge >= 0.3 is 0 Å². The van der Waals surface area contributed by atoms with Gasteiger partial charge in [0.1, 0.15) is 11.6 Å². The second kappa shape index (κ2) is 7.52. The van der Waals surface area contributed by atoms with Crippen LogP contribution in [0, 0.1) is 5.41 Å². The molecule has 0 fully saturated rings. The molecular weight excluding hydrogens is 330 g/mol. The number of aromatic amines is 1. The molecule has 5 N–H and O–H groups in total. The largest absolute Gasteiger partial charge is 0.497 e. The average molecular weight is 349 g/mol. The van der Waals surface area contributed by atoms with Crippen LogP contribution >= 0.6 is 0 Å². The maximum absolute atomic E-state index is 12.3. The number of hydrogen-bond acceptors (Lipinski definition) is 5. The van der Waals surface area contributed by atoms with Crippen LogP contribution in [0.25, 0.3) is 0 Å². The molecule has 1 amide bonds. The molecule has 1 aromatic carbocycles. The molecule has 2 heterocycles. The number of nitrogens with two attached hydrogens (primary N) is 1. The number of amides is 1. The molecule has 132 valence electrons. The highest BCUT2D eigenvalue weighted by molar-refractivity contribution is 6.13. The van der Waals surface area contributed by atoms with Crippen LogP contribution in [0.5, 0.6) is 5.75 Å². The van der Waals surface area contributed by atoms with Gasteiger partial charge in [-0.15, -0.1) is 0 Å². The van der Waals surface area contributed by atoms with Gasteiger partial charge < -0.3 is 20.8 Å². The van der Waals surface area contributed by atoms with Crippen LogP contribution in [0.4, 0.5) is 5.82 Å². The fourth-order valence-electron chi connectivity index (χ4n) is 2.51. The Labute approximate surface area is 150 Å². The minimum atomic E-state index is -0.234. The maximum Gasteiger partial charge on any atom is 0.253 e. The Hall–Kier alpha value is -3.61. The third-order valence-electron chi connectivity index (χ3n) is 3.91. The van der Waals surface area contributed by atoms with Gasteiger partial charge in [-0.3, -0.25) is 10.2 Å². The monoisotopic (exact) mass is 349 g/mol. The molecule has 0 aliphatic heterocycles. The van der Waals surface area contributed by atoms with E-state index in [0.29, 0.717) is 23.4 Å². The number of carbonyl (C=O) groups is 1. The maximum atomic E-state index is 12.3. The summed E-state index contributed by atoms with van der Waals surface area (Å²) in [7, 11) is 1.60. The van der Waals surface area contributed by atoms with Gasteiger partial charge in [0.2, 0.25) is 0 Å². The van der Waals surface area contributed by atoms with Gasteiger partial charge in [-0.1, -0.05) is 12.1 Å². The number of ether oxygens (including phenoxy) is 1. The van der Waals surface area contributed by atoms with E-state index in [9.17, 15) is 4.79 Å². The number of carbonyl (C=O) groups excluding carboxylic acids is 1. The molecule has 0 spiro atoms. The lowest BCUT2D eigenvalue weighted by Crippen LogP contribution is -2.22. The van der Waals surface area contributed by atoms with Crippen molar-refractivity contribution in [3.63, 3.8) is 0 Å². The first-order valence-corrected chi connectivity index (χ1v) is 7.98. The van der Waals surface area contributed by atoms with E-state index in [0.717, 1.165) is 11.3 Å². The number of pyridine rings is 1. The molecule has 7 nitrogen and oxygen atoms in total. The van der Waals surface area contributed by atoms with E-state index in [1.807, 2.05) is 24.3 Å². The molecule has 0 aliphatic rings. The van der Waals surface area contributed by atoms with Crippen LogP contribution < -0.4 is 15.8 Å². The van der Waals surface area contributed by atoms with Crippen LogP contribution in [-0.2, 0) is 6.54 Å². The van der Waals surface area contributed by atoms with Crippen LogP contribution in [0.3, 0.4) is 0 Å². The van der Waals surface area contributed by atoms with E-state index in [4.69, 9.17) is 15.9 Å². The zero-order chi connectivity index (χ0) is 18.5. The highest BCUT2D eigenvalue weighted by atomic mass is 16.5. The highest BCUT2D eigenvalue weighted by Gasteiger charge is 2.14. The minimum Gasteiger partial charge on any atom is -0.497 e. The lowest BCUT2D eigenvalue weighted by Gasteiger charge is -2.06. The van der Waals surface area contributed by atoms with Crippen molar-refractivity contribution in [2.24, 2.45) is 0 Å². The lowest BCUT2D eigenvalue weighted by atomic mass is 10.1. The number of aromatic nitrogens is 2. The smallest absolute Gasteiger partial charge is 0.253 e. The fourth-order valence-corrected chi connectivity index (χ4v) is 2.51. The number of hydrogen-bond donors (Lipinski definition) is 4. The molecule has 0 saturated heterocycles. The predicted molar refractivity (Wildman–Crippen MR) is 99.5 cm³/mol. The van der Waals surface area contributed by atoms with Crippen molar-refractivity contribution in [2.75, 3.05) is 12.8 Å². The molecule has 2 aromatic heterocycles. The molecule has 0 bridgehead atoms. The summed E-state index contributed by atoms with van der Waals surface area (Å²) < 4.78 is 5.17. The van der Waals surface area contributed by atoms with Crippen molar-refractivity contribution >= 4 is 17.4 Å². The summed E-state index contributed by atoms with van der Waals surface area (Å²) in [4.78, 5) is 19.3. The van der Waals surface area contributed by atoms with E-state index in [2.05, 4.69) is 15.3 Å². The number of nitrogens with one attached hydrogen (secondary N) is 3. The Bertz CT molecular complexity index is 948. The van der Waals surface area contributed by atoms with Gasteiger partial charge in [0.25, 0.3) is 5.91 Å². The van der Waals surface area contributed by atoms with E-state index in [-0.39, 0.29) is 17.4 Å². The average Bonchev–Trinajstić information content (AvgIpc) is 3.16. The molecule has 0 atom stereocenters. The van der Waals surface area contributed by atoms with E-state index < -0.39 is 0 Å².